The maximum atomic E-state index is 9.04. The van der Waals surface area contributed by atoms with Crippen LogP contribution in [0.2, 0.25) is 0 Å². The standard InChI is InChI=1S/C11H15IO/c1-2-9(8-13)7-10-3-5-11(12)6-4-10/h3-6,9,13H,2,7-8H2,1H3/t9-/m0/s1. The molecule has 1 aromatic rings. The van der Waals surface area contributed by atoms with Crippen LogP contribution in [0.1, 0.15) is 18.9 Å². The average Bonchev–Trinajstić information content (AvgIpc) is 2.17. The first-order valence-electron chi connectivity index (χ1n) is 4.61. The summed E-state index contributed by atoms with van der Waals surface area (Å²) in [6.07, 6.45) is 2.03. The Labute approximate surface area is 93.3 Å². The van der Waals surface area contributed by atoms with Gasteiger partial charge in [-0.3, -0.25) is 0 Å². The molecule has 1 rings (SSSR count). The lowest BCUT2D eigenvalue weighted by atomic mass is 9.98. The van der Waals surface area contributed by atoms with Crippen molar-refractivity contribution in [2.45, 2.75) is 19.8 Å². The van der Waals surface area contributed by atoms with Crippen LogP contribution in [-0.2, 0) is 6.42 Å². The van der Waals surface area contributed by atoms with Crippen molar-refractivity contribution >= 4 is 22.6 Å². The van der Waals surface area contributed by atoms with Crippen molar-refractivity contribution in [2.24, 2.45) is 5.92 Å². The second-order valence-corrected chi connectivity index (χ2v) is 4.53. The number of rotatable bonds is 4. The Morgan fingerprint density at radius 2 is 1.92 bits per heavy atom. The van der Waals surface area contributed by atoms with Gasteiger partial charge in [0.2, 0.25) is 0 Å². The monoisotopic (exact) mass is 290 g/mol. The minimum Gasteiger partial charge on any atom is -0.396 e. The molecule has 0 aromatic heterocycles. The van der Waals surface area contributed by atoms with Crippen LogP contribution in [0.15, 0.2) is 24.3 Å². The molecular formula is C11H15IO. The molecule has 0 heterocycles. The van der Waals surface area contributed by atoms with E-state index in [0.717, 1.165) is 12.8 Å². The largest absolute Gasteiger partial charge is 0.396 e. The summed E-state index contributed by atoms with van der Waals surface area (Å²) < 4.78 is 1.26. The molecule has 0 saturated carbocycles. The fourth-order valence-electron chi connectivity index (χ4n) is 1.29. The predicted octanol–water partition coefficient (Wildman–Crippen LogP) is 2.85. The highest BCUT2D eigenvalue weighted by Gasteiger charge is 2.05. The van der Waals surface area contributed by atoms with Gasteiger partial charge in [0.25, 0.3) is 0 Å². The van der Waals surface area contributed by atoms with Crippen molar-refractivity contribution in [1.82, 2.24) is 0 Å². The van der Waals surface area contributed by atoms with E-state index in [-0.39, 0.29) is 0 Å². The number of halogens is 1. The maximum absolute atomic E-state index is 9.04. The van der Waals surface area contributed by atoms with Gasteiger partial charge in [0.1, 0.15) is 0 Å². The zero-order valence-electron chi connectivity index (χ0n) is 7.83. The van der Waals surface area contributed by atoms with Gasteiger partial charge >= 0.3 is 0 Å². The molecule has 13 heavy (non-hydrogen) atoms. The van der Waals surface area contributed by atoms with E-state index in [1.807, 2.05) is 0 Å². The summed E-state index contributed by atoms with van der Waals surface area (Å²) in [7, 11) is 0. The molecule has 0 aliphatic rings. The molecular weight excluding hydrogens is 275 g/mol. The number of benzene rings is 1. The molecule has 1 atom stereocenters. The van der Waals surface area contributed by atoms with Gasteiger partial charge in [-0.2, -0.15) is 0 Å². The van der Waals surface area contributed by atoms with E-state index in [9.17, 15) is 0 Å². The summed E-state index contributed by atoms with van der Waals surface area (Å²) in [5.74, 6) is 0.417. The molecule has 1 nitrogen and oxygen atoms in total. The highest BCUT2D eigenvalue weighted by atomic mass is 127. The third-order valence-corrected chi connectivity index (χ3v) is 2.99. The van der Waals surface area contributed by atoms with Gasteiger partial charge in [0, 0.05) is 10.2 Å². The van der Waals surface area contributed by atoms with Crippen molar-refractivity contribution in [3.8, 4) is 0 Å². The van der Waals surface area contributed by atoms with E-state index in [4.69, 9.17) is 5.11 Å². The van der Waals surface area contributed by atoms with Crippen LogP contribution in [0.5, 0.6) is 0 Å². The average molecular weight is 290 g/mol. The first-order chi connectivity index (χ1) is 6.26. The lowest BCUT2D eigenvalue weighted by Crippen LogP contribution is -2.07. The topological polar surface area (TPSA) is 20.2 Å². The van der Waals surface area contributed by atoms with E-state index in [1.54, 1.807) is 0 Å². The molecule has 0 unspecified atom stereocenters. The fraction of sp³-hybridized carbons (Fsp3) is 0.455. The Morgan fingerprint density at radius 1 is 1.31 bits per heavy atom. The molecule has 0 radical (unpaired) electrons. The summed E-state index contributed by atoms with van der Waals surface area (Å²) in [5.41, 5.74) is 1.32. The zero-order chi connectivity index (χ0) is 9.68. The number of aliphatic hydroxyl groups excluding tert-OH is 1. The van der Waals surface area contributed by atoms with Crippen LogP contribution in [0.25, 0.3) is 0 Å². The predicted molar refractivity (Wildman–Crippen MR) is 63.7 cm³/mol. The zero-order valence-corrected chi connectivity index (χ0v) is 9.99. The molecule has 0 fully saturated rings. The van der Waals surface area contributed by atoms with Gasteiger partial charge in [0.15, 0.2) is 0 Å². The molecule has 0 aliphatic heterocycles. The van der Waals surface area contributed by atoms with Gasteiger partial charge in [-0.05, 0) is 52.6 Å². The summed E-state index contributed by atoms with van der Waals surface area (Å²) in [4.78, 5) is 0. The molecule has 0 amide bonds. The Hall–Kier alpha value is -0.0900. The summed E-state index contributed by atoms with van der Waals surface area (Å²) >= 11 is 2.30. The van der Waals surface area contributed by atoms with Gasteiger partial charge in [-0.15, -0.1) is 0 Å². The van der Waals surface area contributed by atoms with Crippen molar-refractivity contribution < 1.29 is 5.11 Å². The van der Waals surface area contributed by atoms with E-state index in [0.29, 0.717) is 12.5 Å². The Balaban J connectivity index is 2.58. The first-order valence-corrected chi connectivity index (χ1v) is 5.69. The Bertz CT molecular complexity index is 239. The second-order valence-electron chi connectivity index (χ2n) is 3.29. The van der Waals surface area contributed by atoms with Crippen molar-refractivity contribution in [3.63, 3.8) is 0 Å². The smallest absolute Gasteiger partial charge is 0.0462 e. The van der Waals surface area contributed by atoms with Crippen molar-refractivity contribution in [3.05, 3.63) is 33.4 Å². The van der Waals surface area contributed by atoms with Gasteiger partial charge in [-0.25, -0.2) is 0 Å². The van der Waals surface area contributed by atoms with Crippen LogP contribution in [0.3, 0.4) is 0 Å². The van der Waals surface area contributed by atoms with Gasteiger partial charge < -0.3 is 5.11 Å². The summed E-state index contributed by atoms with van der Waals surface area (Å²) in [5, 5.41) is 9.04. The van der Waals surface area contributed by atoms with Crippen LogP contribution in [0, 0.1) is 9.49 Å². The van der Waals surface area contributed by atoms with Gasteiger partial charge in [-0.1, -0.05) is 25.5 Å². The number of aliphatic hydroxyl groups is 1. The Kier molecular flexibility index (Phi) is 4.73. The minimum absolute atomic E-state index is 0.294. The SMILES string of the molecule is CC[C@H](CO)Cc1ccc(I)cc1. The third kappa shape index (κ3) is 3.65. The molecule has 2 heteroatoms. The molecule has 1 N–H and O–H groups in total. The molecule has 0 spiro atoms. The van der Waals surface area contributed by atoms with Crippen LogP contribution in [0.4, 0.5) is 0 Å². The minimum atomic E-state index is 0.294. The fourth-order valence-corrected chi connectivity index (χ4v) is 1.65. The van der Waals surface area contributed by atoms with Crippen LogP contribution in [-0.4, -0.2) is 11.7 Å². The van der Waals surface area contributed by atoms with Crippen molar-refractivity contribution in [2.75, 3.05) is 6.61 Å². The normalized spacial score (nSPS) is 12.8. The molecule has 1 aromatic carbocycles. The molecule has 0 aliphatic carbocycles. The van der Waals surface area contributed by atoms with E-state index < -0.39 is 0 Å². The molecule has 0 bridgehead atoms. The maximum Gasteiger partial charge on any atom is 0.0462 e. The third-order valence-electron chi connectivity index (χ3n) is 2.27. The van der Waals surface area contributed by atoms with Gasteiger partial charge in [0.05, 0.1) is 0 Å². The molecule has 72 valence electrons. The summed E-state index contributed by atoms with van der Waals surface area (Å²) in [6, 6.07) is 8.50. The van der Waals surface area contributed by atoms with E-state index in [2.05, 4.69) is 53.8 Å². The first kappa shape index (κ1) is 11.0. The number of hydrogen-bond donors (Lipinski definition) is 1. The quantitative estimate of drug-likeness (QED) is 0.845. The second kappa shape index (κ2) is 5.60. The van der Waals surface area contributed by atoms with Crippen molar-refractivity contribution in [1.29, 1.82) is 0 Å². The Morgan fingerprint density at radius 3 is 2.38 bits per heavy atom. The van der Waals surface area contributed by atoms with Crippen LogP contribution < -0.4 is 0 Å². The van der Waals surface area contributed by atoms with E-state index >= 15 is 0 Å². The lowest BCUT2D eigenvalue weighted by molar-refractivity contribution is 0.222. The highest BCUT2D eigenvalue weighted by molar-refractivity contribution is 14.1. The molecule has 0 saturated heterocycles. The summed E-state index contributed by atoms with van der Waals surface area (Å²) in [6.45, 7) is 2.41. The number of hydrogen-bond acceptors (Lipinski definition) is 1. The lowest BCUT2D eigenvalue weighted by Gasteiger charge is -2.10. The highest BCUT2D eigenvalue weighted by Crippen LogP contribution is 2.13. The van der Waals surface area contributed by atoms with E-state index in [1.165, 1.54) is 9.13 Å². The van der Waals surface area contributed by atoms with Crippen LogP contribution >= 0.6 is 22.6 Å².